The van der Waals surface area contributed by atoms with Gasteiger partial charge in [-0.15, -0.1) is 0 Å². The molecule has 29 heavy (non-hydrogen) atoms. The lowest BCUT2D eigenvalue weighted by atomic mass is 9.91. The van der Waals surface area contributed by atoms with Gasteiger partial charge in [0, 0.05) is 17.7 Å². The van der Waals surface area contributed by atoms with Crippen molar-refractivity contribution in [1.29, 1.82) is 0 Å². The van der Waals surface area contributed by atoms with Crippen LogP contribution >= 0.6 is 15.9 Å². The molecule has 0 aliphatic carbocycles. The summed E-state index contributed by atoms with van der Waals surface area (Å²) in [5, 5.41) is 24.9. The quantitative estimate of drug-likeness (QED) is 0.328. The Morgan fingerprint density at radius 3 is 2.14 bits per heavy atom. The second kappa shape index (κ2) is 9.11. The fourth-order valence-corrected chi connectivity index (χ4v) is 3.29. The van der Waals surface area contributed by atoms with Crippen molar-refractivity contribution in [2.24, 2.45) is 5.10 Å². The number of halogens is 1. The molecule has 0 radical (unpaired) electrons. The molecule has 3 aromatic carbocycles. The first-order chi connectivity index (χ1) is 14.0. The molecule has 3 aromatic rings. The lowest BCUT2D eigenvalue weighted by Crippen LogP contribution is -2.26. The first-order valence-corrected chi connectivity index (χ1v) is 9.36. The molecule has 0 spiro atoms. The van der Waals surface area contributed by atoms with Crippen LogP contribution in [0.15, 0.2) is 82.4 Å². The van der Waals surface area contributed by atoms with E-state index in [1.54, 1.807) is 0 Å². The number of nitrogens with one attached hydrogen (secondary N) is 1. The van der Waals surface area contributed by atoms with Gasteiger partial charge in [0.05, 0.1) is 21.5 Å². The molecular weight excluding hydrogens is 438 g/mol. The molecule has 0 aliphatic rings. The summed E-state index contributed by atoms with van der Waals surface area (Å²) in [6.45, 7) is 0. The molecule has 0 unspecified atom stereocenters. The highest BCUT2D eigenvalue weighted by Gasteiger charge is 2.22. The van der Waals surface area contributed by atoms with Crippen molar-refractivity contribution in [3.63, 3.8) is 0 Å². The maximum absolute atomic E-state index is 12.9. The van der Waals surface area contributed by atoms with Crippen LogP contribution in [0, 0.1) is 10.1 Å². The zero-order chi connectivity index (χ0) is 20.8. The topological polar surface area (TPSA) is 105 Å². The van der Waals surface area contributed by atoms with Gasteiger partial charge in [-0.1, -0.05) is 60.7 Å². The molecule has 0 atom stereocenters. The van der Waals surface area contributed by atoms with Crippen LogP contribution in [-0.2, 0) is 4.79 Å². The zero-order valence-electron chi connectivity index (χ0n) is 15.0. The fraction of sp³-hybridized carbons (Fsp3) is 0.0476. The van der Waals surface area contributed by atoms with Crippen LogP contribution in [0.5, 0.6) is 5.75 Å². The number of carbonyl (C=O) groups excluding carboxylic acids is 1. The zero-order valence-corrected chi connectivity index (χ0v) is 16.6. The standard InChI is InChI=1S/C21H16BrN3O4/c22-18-12-17(25(28)29)11-16(20(18)26)13-23-24-21(27)19(14-7-3-1-4-8-14)15-9-5-2-6-10-15/h1-13,19,26H,(H,24,27)/b23-13-. The molecule has 0 heterocycles. The van der Waals surface area contributed by atoms with E-state index in [9.17, 15) is 20.0 Å². The van der Waals surface area contributed by atoms with Gasteiger partial charge in [0.2, 0.25) is 0 Å². The summed E-state index contributed by atoms with van der Waals surface area (Å²) in [6.07, 6.45) is 1.16. The molecule has 0 saturated heterocycles. The Labute approximate surface area is 175 Å². The molecule has 1 amide bonds. The van der Waals surface area contributed by atoms with Crippen molar-refractivity contribution >= 4 is 33.7 Å². The number of nitro benzene ring substituents is 1. The Kier molecular flexibility index (Phi) is 6.36. The van der Waals surface area contributed by atoms with Crippen molar-refractivity contribution in [3.05, 3.63) is 104 Å². The lowest BCUT2D eigenvalue weighted by molar-refractivity contribution is -0.385. The van der Waals surface area contributed by atoms with Crippen molar-refractivity contribution in [2.45, 2.75) is 5.92 Å². The highest BCUT2D eigenvalue weighted by molar-refractivity contribution is 9.10. The van der Waals surface area contributed by atoms with Gasteiger partial charge in [0.15, 0.2) is 0 Å². The van der Waals surface area contributed by atoms with Crippen LogP contribution in [0.4, 0.5) is 5.69 Å². The van der Waals surface area contributed by atoms with Crippen LogP contribution < -0.4 is 5.43 Å². The van der Waals surface area contributed by atoms with Gasteiger partial charge in [-0.05, 0) is 27.1 Å². The maximum Gasteiger partial charge on any atom is 0.271 e. The molecule has 0 saturated carbocycles. The number of phenols is 1. The summed E-state index contributed by atoms with van der Waals surface area (Å²) < 4.78 is 0.158. The number of nitrogens with zero attached hydrogens (tertiary/aromatic N) is 2. The van der Waals surface area contributed by atoms with E-state index < -0.39 is 10.8 Å². The number of phenolic OH excluding ortho intramolecular Hbond substituents is 1. The molecule has 0 fully saturated rings. The molecule has 0 aromatic heterocycles. The molecule has 8 heteroatoms. The third-order valence-corrected chi connectivity index (χ3v) is 4.80. The molecule has 2 N–H and O–H groups in total. The van der Waals surface area contributed by atoms with Crippen molar-refractivity contribution in [2.75, 3.05) is 0 Å². The van der Waals surface area contributed by atoms with Crippen LogP contribution in [0.3, 0.4) is 0 Å². The molecule has 3 rings (SSSR count). The molecule has 0 bridgehead atoms. The predicted octanol–water partition coefficient (Wildman–Crippen LogP) is 4.35. The first-order valence-electron chi connectivity index (χ1n) is 8.57. The van der Waals surface area contributed by atoms with Crippen molar-refractivity contribution in [1.82, 2.24) is 5.43 Å². The van der Waals surface area contributed by atoms with E-state index in [0.717, 1.165) is 17.3 Å². The minimum absolute atomic E-state index is 0.0994. The summed E-state index contributed by atoms with van der Waals surface area (Å²) in [7, 11) is 0. The van der Waals surface area contributed by atoms with Crippen molar-refractivity contribution in [3.8, 4) is 5.75 Å². The average molecular weight is 454 g/mol. The number of benzene rings is 3. The predicted molar refractivity (Wildman–Crippen MR) is 113 cm³/mol. The highest BCUT2D eigenvalue weighted by atomic mass is 79.9. The summed E-state index contributed by atoms with van der Waals surface area (Å²) >= 11 is 3.07. The second-order valence-corrected chi connectivity index (χ2v) is 6.97. The van der Waals surface area contributed by atoms with E-state index in [1.807, 2.05) is 60.7 Å². The van der Waals surface area contributed by atoms with Gasteiger partial charge in [-0.2, -0.15) is 5.10 Å². The van der Waals surface area contributed by atoms with Gasteiger partial charge in [-0.3, -0.25) is 14.9 Å². The normalized spacial score (nSPS) is 11.0. The lowest BCUT2D eigenvalue weighted by Gasteiger charge is -2.16. The monoisotopic (exact) mass is 453 g/mol. The van der Waals surface area contributed by atoms with E-state index >= 15 is 0 Å². The third kappa shape index (κ3) is 4.85. The molecule has 146 valence electrons. The van der Waals surface area contributed by atoms with E-state index in [4.69, 9.17) is 0 Å². The third-order valence-electron chi connectivity index (χ3n) is 4.19. The molecule has 7 nitrogen and oxygen atoms in total. The second-order valence-electron chi connectivity index (χ2n) is 6.11. The van der Waals surface area contributed by atoms with E-state index in [2.05, 4.69) is 26.5 Å². The Balaban J connectivity index is 1.85. The van der Waals surface area contributed by atoms with Crippen LogP contribution in [0.25, 0.3) is 0 Å². The summed E-state index contributed by atoms with van der Waals surface area (Å²) in [5.41, 5.74) is 3.94. The van der Waals surface area contributed by atoms with E-state index in [-0.39, 0.29) is 27.4 Å². The van der Waals surface area contributed by atoms with Gasteiger partial charge in [-0.25, -0.2) is 5.43 Å². The number of hydrogen-bond acceptors (Lipinski definition) is 5. The number of amides is 1. The first kappa shape index (κ1) is 20.2. The van der Waals surface area contributed by atoms with E-state index in [1.165, 1.54) is 12.1 Å². The van der Waals surface area contributed by atoms with Crippen LogP contribution in [0.1, 0.15) is 22.6 Å². The van der Waals surface area contributed by atoms with Crippen LogP contribution in [-0.4, -0.2) is 22.2 Å². The average Bonchev–Trinajstić information content (AvgIpc) is 2.72. The number of hydrogen-bond donors (Lipinski definition) is 2. The smallest absolute Gasteiger partial charge is 0.271 e. The number of non-ortho nitro benzene ring substituents is 1. The largest absolute Gasteiger partial charge is 0.506 e. The van der Waals surface area contributed by atoms with Gasteiger partial charge in [0.1, 0.15) is 5.75 Å². The van der Waals surface area contributed by atoms with Gasteiger partial charge < -0.3 is 5.11 Å². The Bertz CT molecular complexity index is 1020. The molecule has 0 aliphatic heterocycles. The number of aromatic hydroxyl groups is 1. The van der Waals surface area contributed by atoms with E-state index in [0.29, 0.717) is 0 Å². The Morgan fingerprint density at radius 1 is 1.07 bits per heavy atom. The minimum atomic E-state index is -0.583. The SMILES string of the molecule is O=C(N/N=C\c1cc([N+](=O)[O-])cc(Br)c1O)C(c1ccccc1)c1ccccc1. The molecular formula is C21H16BrN3O4. The van der Waals surface area contributed by atoms with Crippen LogP contribution in [0.2, 0.25) is 0 Å². The number of hydrazone groups is 1. The number of rotatable bonds is 6. The Hall–Kier alpha value is -3.52. The summed E-state index contributed by atoms with van der Waals surface area (Å²) in [6, 6.07) is 20.9. The number of carbonyl (C=O) groups is 1. The van der Waals surface area contributed by atoms with Gasteiger partial charge in [0.25, 0.3) is 11.6 Å². The minimum Gasteiger partial charge on any atom is -0.506 e. The number of nitro groups is 1. The maximum atomic E-state index is 12.9. The highest BCUT2D eigenvalue weighted by Crippen LogP contribution is 2.31. The Morgan fingerprint density at radius 2 is 1.62 bits per heavy atom. The van der Waals surface area contributed by atoms with Gasteiger partial charge >= 0.3 is 0 Å². The summed E-state index contributed by atoms with van der Waals surface area (Å²) in [4.78, 5) is 23.3. The van der Waals surface area contributed by atoms with Crippen molar-refractivity contribution < 1.29 is 14.8 Å². The fourth-order valence-electron chi connectivity index (χ4n) is 2.83. The summed E-state index contributed by atoms with van der Waals surface area (Å²) in [5.74, 6) is -1.17.